The molecule has 1 aliphatic rings. The zero-order valence-electron chi connectivity index (χ0n) is 10.7. The van der Waals surface area contributed by atoms with Crippen LogP contribution in [0.5, 0.6) is 5.75 Å². The van der Waals surface area contributed by atoms with Crippen LogP contribution >= 0.6 is 39.1 Å². The number of ether oxygens (including phenoxy) is 1. The highest BCUT2D eigenvalue weighted by Crippen LogP contribution is 2.41. The Morgan fingerprint density at radius 3 is 2.60 bits per heavy atom. The molecule has 20 heavy (non-hydrogen) atoms. The highest BCUT2D eigenvalue weighted by Gasteiger charge is 2.19. The second kappa shape index (κ2) is 5.97. The minimum absolute atomic E-state index is 0.0177. The van der Waals surface area contributed by atoms with E-state index >= 15 is 0 Å². The molecule has 0 fully saturated rings. The number of aryl methyl sites for hydroxylation is 1. The number of rotatable bonds is 2. The predicted molar refractivity (Wildman–Crippen MR) is 87.5 cm³/mol. The van der Waals surface area contributed by atoms with Gasteiger partial charge in [0.05, 0.1) is 11.4 Å². The van der Waals surface area contributed by atoms with Gasteiger partial charge in [0, 0.05) is 15.6 Å². The summed E-state index contributed by atoms with van der Waals surface area (Å²) in [7, 11) is 0. The molecule has 0 saturated heterocycles. The van der Waals surface area contributed by atoms with E-state index in [2.05, 4.69) is 28.1 Å². The standard InChI is InChI=1S/C16H13BrCl2O/c17-16(15-12(18)4-1-5-13(15)19)11-6-7-14-10(9-11)3-2-8-20-14/h1,4-7,9,16H,2-3,8H2. The lowest BCUT2D eigenvalue weighted by Gasteiger charge is -2.20. The smallest absolute Gasteiger partial charge is 0.122 e. The maximum absolute atomic E-state index is 6.28. The molecule has 1 aliphatic heterocycles. The van der Waals surface area contributed by atoms with Crippen molar-refractivity contribution in [3.8, 4) is 5.75 Å². The van der Waals surface area contributed by atoms with E-state index in [1.165, 1.54) is 5.56 Å². The Balaban J connectivity index is 2.00. The van der Waals surface area contributed by atoms with Crippen molar-refractivity contribution in [3.05, 3.63) is 63.1 Å². The van der Waals surface area contributed by atoms with Gasteiger partial charge in [-0.05, 0) is 42.2 Å². The Kier molecular flexibility index (Phi) is 4.25. The molecule has 0 saturated carbocycles. The van der Waals surface area contributed by atoms with E-state index in [9.17, 15) is 0 Å². The van der Waals surface area contributed by atoms with Crippen LogP contribution in [0, 0.1) is 0 Å². The first-order valence-electron chi connectivity index (χ1n) is 6.50. The number of hydrogen-bond donors (Lipinski definition) is 0. The maximum atomic E-state index is 6.28. The van der Waals surface area contributed by atoms with Crippen molar-refractivity contribution in [1.82, 2.24) is 0 Å². The van der Waals surface area contributed by atoms with Gasteiger partial charge in [-0.3, -0.25) is 0 Å². The van der Waals surface area contributed by atoms with Crippen molar-refractivity contribution < 1.29 is 4.74 Å². The first-order valence-corrected chi connectivity index (χ1v) is 8.17. The predicted octanol–water partition coefficient (Wildman–Crippen LogP) is 5.80. The molecule has 2 aromatic carbocycles. The third-order valence-electron chi connectivity index (χ3n) is 3.48. The first kappa shape index (κ1) is 14.2. The molecule has 1 nitrogen and oxygen atoms in total. The van der Waals surface area contributed by atoms with Gasteiger partial charge >= 0.3 is 0 Å². The minimum Gasteiger partial charge on any atom is -0.493 e. The lowest BCUT2D eigenvalue weighted by Crippen LogP contribution is -2.09. The van der Waals surface area contributed by atoms with Crippen LogP contribution in [0.2, 0.25) is 10.0 Å². The Hall–Kier alpha value is -0.700. The third-order valence-corrected chi connectivity index (χ3v) is 5.12. The van der Waals surface area contributed by atoms with Crippen LogP contribution in [-0.2, 0) is 6.42 Å². The summed E-state index contributed by atoms with van der Waals surface area (Å²) in [5.41, 5.74) is 3.30. The molecule has 4 heteroatoms. The largest absolute Gasteiger partial charge is 0.493 e. The third kappa shape index (κ3) is 2.69. The Morgan fingerprint density at radius 1 is 1.10 bits per heavy atom. The van der Waals surface area contributed by atoms with Gasteiger partial charge in [-0.1, -0.05) is 57.3 Å². The molecule has 104 valence electrons. The fourth-order valence-electron chi connectivity index (χ4n) is 2.46. The van der Waals surface area contributed by atoms with Gasteiger partial charge in [-0.2, -0.15) is 0 Å². The second-order valence-electron chi connectivity index (χ2n) is 4.82. The van der Waals surface area contributed by atoms with Gasteiger partial charge in [-0.25, -0.2) is 0 Å². The van der Waals surface area contributed by atoms with Crippen molar-refractivity contribution in [3.63, 3.8) is 0 Å². The van der Waals surface area contributed by atoms with E-state index in [0.29, 0.717) is 10.0 Å². The Morgan fingerprint density at radius 2 is 1.85 bits per heavy atom. The van der Waals surface area contributed by atoms with Crippen molar-refractivity contribution in [1.29, 1.82) is 0 Å². The Labute approximate surface area is 137 Å². The molecule has 0 amide bonds. The molecule has 3 rings (SSSR count). The molecule has 2 aromatic rings. The Bertz CT molecular complexity index is 622. The zero-order valence-corrected chi connectivity index (χ0v) is 13.8. The van der Waals surface area contributed by atoms with Crippen LogP contribution in [0.15, 0.2) is 36.4 Å². The van der Waals surface area contributed by atoms with Crippen LogP contribution < -0.4 is 4.74 Å². The van der Waals surface area contributed by atoms with E-state index < -0.39 is 0 Å². The van der Waals surface area contributed by atoms with Crippen molar-refractivity contribution in [2.75, 3.05) is 6.61 Å². The highest BCUT2D eigenvalue weighted by molar-refractivity contribution is 9.09. The van der Waals surface area contributed by atoms with Crippen LogP contribution in [-0.4, -0.2) is 6.61 Å². The summed E-state index contributed by atoms with van der Waals surface area (Å²) in [6.07, 6.45) is 2.12. The summed E-state index contributed by atoms with van der Waals surface area (Å²) in [6.45, 7) is 0.806. The van der Waals surface area contributed by atoms with Gasteiger partial charge in [0.25, 0.3) is 0 Å². The van der Waals surface area contributed by atoms with E-state index in [-0.39, 0.29) is 4.83 Å². The summed E-state index contributed by atoms with van der Waals surface area (Å²) in [5.74, 6) is 0.991. The molecule has 0 N–H and O–H groups in total. The fourth-order valence-corrected chi connectivity index (χ4v) is 4.11. The van der Waals surface area contributed by atoms with Gasteiger partial charge in [0.2, 0.25) is 0 Å². The molecule has 1 unspecified atom stereocenters. The summed E-state index contributed by atoms with van der Waals surface area (Å²) in [6, 6.07) is 11.8. The minimum atomic E-state index is -0.0177. The molecule has 0 radical (unpaired) electrons. The molecule has 1 heterocycles. The molecule has 1 atom stereocenters. The first-order chi connectivity index (χ1) is 9.66. The normalized spacial score (nSPS) is 15.3. The zero-order chi connectivity index (χ0) is 14.1. The summed E-state index contributed by atoms with van der Waals surface area (Å²) < 4.78 is 5.64. The highest BCUT2D eigenvalue weighted by atomic mass is 79.9. The van der Waals surface area contributed by atoms with E-state index in [4.69, 9.17) is 27.9 Å². The van der Waals surface area contributed by atoms with Gasteiger partial charge in [0.15, 0.2) is 0 Å². The number of halogens is 3. The summed E-state index contributed by atoms with van der Waals surface area (Å²) in [5, 5.41) is 1.35. The average molecular weight is 372 g/mol. The van der Waals surface area contributed by atoms with Gasteiger partial charge in [0.1, 0.15) is 5.75 Å². The quantitative estimate of drug-likeness (QED) is 0.606. The van der Waals surface area contributed by atoms with Crippen molar-refractivity contribution in [2.45, 2.75) is 17.7 Å². The summed E-state index contributed by atoms with van der Waals surface area (Å²) in [4.78, 5) is -0.0177. The number of hydrogen-bond acceptors (Lipinski definition) is 1. The second-order valence-corrected chi connectivity index (χ2v) is 6.55. The molecular weight excluding hydrogens is 359 g/mol. The van der Waals surface area contributed by atoms with Crippen molar-refractivity contribution in [2.24, 2.45) is 0 Å². The molecule has 0 aromatic heterocycles. The lowest BCUT2D eigenvalue weighted by atomic mass is 9.99. The molecule has 0 spiro atoms. The monoisotopic (exact) mass is 370 g/mol. The fraction of sp³-hybridized carbons (Fsp3) is 0.250. The van der Waals surface area contributed by atoms with Crippen LogP contribution in [0.3, 0.4) is 0 Å². The molecule has 0 aliphatic carbocycles. The topological polar surface area (TPSA) is 9.23 Å². The van der Waals surface area contributed by atoms with Gasteiger partial charge in [-0.15, -0.1) is 0 Å². The van der Waals surface area contributed by atoms with Crippen LogP contribution in [0.1, 0.15) is 27.9 Å². The van der Waals surface area contributed by atoms with E-state index in [0.717, 1.165) is 36.3 Å². The van der Waals surface area contributed by atoms with E-state index in [1.807, 2.05) is 24.3 Å². The molecule has 0 bridgehead atoms. The summed E-state index contributed by atoms with van der Waals surface area (Å²) >= 11 is 16.3. The average Bonchev–Trinajstić information content (AvgIpc) is 2.46. The molecular formula is C16H13BrCl2O. The van der Waals surface area contributed by atoms with Gasteiger partial charge < -0.3 is 4.74 Å². The number of alkyl halides is 1. The van der Waals surface area contributed by atoms with Crippen LogP contribution in [0.4, 0.5) is 0 Å². The number of benzene rings is 2. The van der Waals surface area contributed by atoms with Crippen LogP contribution in [0.25, 0.3) is 0 Å². The van der Waals surface area contributed by atoms with Crippen molar-refractivity contribution >= 4 is 39.1 Å². The van der Waals surface area contributed by atoms with E-state index in [1.54, 1.807) is 0 Å². The SMILES string of the molecule is Clc1cccc(Cl)c1C(Br)c1ccc2c(c1)CCCO2. The number of fused-ring (bicyclic) bond motifs is 1. The maximum Gasteiger partial charge on any atom is 0.122 e. The lowest BCUT2D eigenvalue weighted by molar-refractivity contribution is 0.288.